The number of carbonyl (C=O) groups excluding carboxylic acids is 1. The van der Waals surface area contributed by atoms with Crippen LogP contribution in [0, 0.1) is 11.8 Å². The largest absolute Gasteiger partial charge is 0.387 e. The van der Waals surface area contributed by atoms with E-state index < -0.39 is 0 Å². The third kappa shape index (κ3) is 2.72. The highest BCUT2D eigenvalue weighted by Crippen LogP contribution is 2.29. The van der Waals surface area contributed by atoms with E-state index in [1.54, 1.807) is 0 Å². The van der Waals surface area contributed by atoms with Gasteiger partial charge >= 0.3 is 0 Å². The molecule has 3 N–H and O–H groups in total. The zero-order valence-electron chi connectivity index (χ0n) is 8.33. The summed E-state index contributed by atoms with van der Waals surface area (Å²) < 4.78 is 0. The van der Waals surface area contributed by atoms with E-state index in [4.69, 9.17) is 5.73 Å². The fourth-order valence-corrected chi connectivity index (χ4v) is 1.36. The summed E-state index contributed by atoms with van der Waals surface area (Å²) in [6, 6.07) is 0. The molecule has 0 aromatic carbocycles. The summed E-state index contributed by atoms with van der Waals surface area (Å²) in [7, 11) is 0. The molecule has 0 aromatic heterocycles. The highest BCUT2D eigenvalue weighted by molar-refractivity contribution is 5.85. The van der Waals surface area contributed by atoms with Gasteiger partial charge in [0, 0.05) is 18.4 Å². The molecule has 78 valence electrons. The van der Waals surface area contributed by atoms with Gasteiger partial charge in [0.2, 0.25) is 5.91 Å². The molecule has 0 aromatic rings. The molecule has 0 spiro atoms. The first-order chi connectivity index (χ1) is 6.77. The van der Waals surface area contributed by atoms with E-state index in [1.165, 1.54) is 12.8 Å². The molecule has 0 heterocycles. The quantitative estimate of drug-likeness (QED) is 0.376. The van der Waals surface area contributed by atoms with Crippen molar-refractivity contribution in [2.24, 2.45) is 22.6 Å². The van der Waals surface area contributed by atoms with Crippen molar-refractivity contribution >= 4 is 11.7 Å². The Labute approximate surface area is 84.0 Å². The highest BCUT2D eigenvalue weighted by atomic mass is 16.2. The van der Waals surface area contributed by atoms with Crippen molar-refractivity contribution in [3.05, 3.63) is 0 Å². The van der Waals surface area contributed by atoms with Crippen LogP contribution in [0.3, 0.4) is 0 Å². The number of hydrogen-bond donors (Lipinski definition) is 2. The number of amidine groups is 1. The monoisotopic (exact) mass is 195 g/mol. The summed E-state index contributed by atoms with van der Waals surface area (Å²) in [5.74, 6) is 1.78. The van der Waals surface area contributed by atoms with E-state index >= 15 is 0 Å². The van der Waals surface area contributed by atoms with Crippen molar-refractivity contribution < 1.29 is 4.79 Å². The number of rotatable bonds is 5. The van der Waals surface area contributed by atoms with Crippen LogP contribution in [0.2, 0.25) is 0 Å². The maximum Gasteiger partial charge on any atom is 0.223 e. The molecule has 0 bridgehead atoms. The number of hydrogen-bond acceptors (Lipinski definition) is 2. The molecule has 4 nitrogen and oxygen atoms in total. The summed E-state index contributed by atoms with van der Waals surface area (Å²) in [5.41, 5.74) is 5.71. The van der Waals surface area contributed by atoms with Gasteiger partial charge in [-0.1, -0.05) is 0 Å². The van der Waals surface area contributed by atoms with Crippen LogP contribution in [0.25, 0.3) is 0 Å². The summed E-state index contributed by atoms with van der Waals surface area (Å²) in [5, 5.41) is 2.86. The SMILES string of the molecule is NC(=NCCNC(=O)C1CC1)C1CC1. The fraction of sp³-hybridized carbons (Fsp3) is 0.800. The van der Waals surface area contributed by atoms with E-state index in [1.807, 2.05) is 0 Å². The van der Waals surface area contributed by atoms with Gasteiger partial charge in [0.05, 0.1) is 12.4 Å². The van der Waals surface area contributed by atoms with Gasteiger partial charge < -0.3 is 11.1 Å². The lowest BCUT2D eigenvalue weighted by atomic mass is 10.4. The van der Waals surface area contributed by atoms with Crippen LogP contribution >= 0.6 is 0 Å². The zero-order valence-corrected chi connectivity index (χ0v) is 8.33. The van der Waals surface area contributed by atoms with Gasteiger partial charge in [0.15, 0.2) is 0 Å². The van der Waals surface area contributed by atoms with Gasteiger partial charge in [0.25, 0.3) is 0 Å². The molecule has 1 amide bonds. The summed E-state index contributed by atoms with van der Waals surface area (Å²) in [4.78, 5) is 15.4. The van der Waals surface area contributed by atoms with Crippen LogP contribution < -0.4 is 11.1 Å². The molecular weight excluding hydrogens is 178 g/mol. The van der Waals surface area contributed by atoms with E-state index in [-0.39, 0.29) is 5.91 Å². The van der Waals surface area contributed by atoms with Crippen molar-refractivity contribution in [3.63, 3.8) is 0 Å². The Balaban J connectivity index is 1.57. The second-order valence-electron chi connectivity index (χ2n) is 4.15. The second-order valence-corrected chi connectivity index (χ2v) is 4.15. The van der Waals surface area contributed by atoms with Crippen molar-refractivity contribution in [2.75, 3.05) is 13.1 Å². The number of amides is 1. The molecule has 0 atom stereocenters. The average Bonchev–Trinajstić information content (AvgIpc) is 3.06. The van der Waals surface area contributed by atoms with Crippen LogP contribution in [0.1, 0.15) is 25.7 Å². The molecule has 2 aliphatic rings. The number of nitrogens with two attached hydrogens (primary N) is 1. The average molecular weight is 195 g/mol. The maximum atomic E-state index is 11.2. The van der Waals surface area contributed by atoms with Crippen molar-refractivity contribution in [2.45, 2.75) is 25.7 Å². The molecule has 0 unspecified atom stereocenters. The third-order valence-electron chi connectivity index (χ3n) is 2.65. The minimum Gasteiger partial charge on any atom is -0.387 e. The standard InChI is InChI=1S/C10H17N3O/c11-9(7-1-2-7)12-5-6-13-10(14)8-3-4-8/h7-8H,1-6H2,(H2,11,12)(H,13,14). The Kier molecular flexibility index (Phi) is 2.70. The van der Waals surface area contributed by atoms with Crippen LogP contribution in [-0.4, -0.2) is 24.8 Å². The van der Waals surface area contributed by atoms with Crippen LogP contribution in [0.5, 0.6) is 0 Å². The Morgan fingerprint density at radius 1 is 1.29 bits per heavy atom. The molecule has 0 radical (unpaired) electrons. The first-order valence-electron chi connectivity index (χ1n) is 5.35. The minimum absolute atomic E-state index is 0.185. The Morgan fingerprint density at radius 2 is 1.93 bits per heavy atom. The molecule has 2 fully saturated rings. The number of aliphatic imine (C=N–C) groups is 1. The summed E-state index contributed by atoms with van der Waals surface area (Å²) in [6.45, 7) is 1.25. The van der Waals surface area contributed by atoms with Gasteiger partial charge in [-0.05, 0) is 25.7 Å². The topological polar surface area (TPSA) is 67.5 Å². The molecule has 14 heavy (non-hydrogen) atoms. The van der Waals surface area contributed by atoms with E-state index in [9.17, 15) is 4.79 Å². The maximum absolute atomic E-state index is 11.2. The van der Waals surface area contributed by atoms with Crippen LogP contribution in [0.4, 0.5) is 0 Å². The second kappa shape index (κ2) is 3.98. The Bertz CT molecular complexity index is 254. The summed E-state index contributed by atoms with van der Waals surface area (Å²) in [6.07, 6.45) is 4.48. The van der Waals surface area contributed by atoms with Crippen LogP contribution in [-0.2, 0) is 4.79 Å². The lowest BCUT2D eigenvalue weighted by molar-refractivity contribution is -0.122. The van der Waals surface area contributed by atoms with Gasteiger partial charge in [-0.2, -0.15) is 0 Å². The summed E-state index contributed by atoms with van der Waals surface area (Å²) >= 11 is 0. The van der Waals surface area contributed by atoms with E-state index in [0.29, 0.717) is 24.9 Å². The predicted octanol–water partition coefficient (Wildman–Crippen LogP) is 0.280. The molecule has 0 saturated heterocycles. The van der Waals surface area contributed by atoms with E-state index in [0.717, 1.165) is 18.7 Å². The molecule has 0 aliphatic heterocycles. The first kappa shape index (κ1) is 9.49. The number of nitrogens with zero attached hydrogens (tertiary/aromatic N) is 1. The molecule has 2 aliphatic carbocycles. The number of carbonyl (C=O) groups is 1. The van der Waals surface area contributed by atoms with E-state index in [2.05, 4.69) is 10.3 Å². The zero-order chi connectivity index (χ0) is 9.97. The number of nitrogens with one attached hydrogen (secondary N) is 1. The van der Waals surface area contributed by atoms with Gasteiger partial charge in [-0.3, -0.25) is 9.79 Å². The van der Waals surface area contributed by atoms with Crippen molar-refractivity contribution in [3.8, 4) is 0 Å². The van der Waals surface area contributed by atoms with Crippen LogP contribution in [0.15, 0.2) is 4.99 Å². The smallest absolute Gasteiger partial charge is 0.223 e. The fourth-order valence-electron chi connectivity index (χ4n) is 1.36. The lowest BCUT2D eigenvalue weighted by Gasteiger charge is -2.01. The molecule has 2 saturated carbocycles. The minimum atomic E-state index is 0.185. The van der Waals surface area contributed by atoms with Gasteiger partial charge in [-0.25, -0.2) is 0 Å². The van der Waals surface area contributed by atoms with Gasteiger partial charge in [0.1, 0.15) is 0 Å². The molecule has 2 rings (SSSR count). The highest BCUT2D eigenvalue weighted by Gasteiger charge is 2.29. The molecule has 4 heteroatoms. The Hall–Kier alpha value is -1.06. The van der Waals surface area contributed by atoms with Crippen molar-refractivity contribution in [1.29, 1.82) is 0 Å². The predicted molar refractivity (Wildman–Crippen MR) is 54.9 cm³/mol. The third-order valence-corrected chi connectivity index (χ3v) is 2.65. The Morgan fingerprint density at radius 3 is 2.50 bits per heavy atom. The normalized spacial score (nSPS) is 22.1. The van der Waals surface area contributed by atoms with Gasteiger partial charge in [-0.15, -0.1) is 0 Å². The van der Waals surface area contributed by atoms with Crippen molar-refractivity contribution in [1.82, 2.24) is 5.32 Å². The molecular formula is C10H17N3O. The first-order valence-corrected chi connectivity index (χ1v) is 5.35. The lowest BCUT2D eigenvalue weighted by Crippen LogP contribution is -2.28.